The molecule has 2 nitrogen and oxygen atoms in total. The van der Waals surface area contributed by atoms with E-state index in [0.717, 1.165) is 18.3 Å². The Bertz CT molecular complexity index is 377. The van der Waals surface area contributed by atoms with Crippen molar-refractivity contribution in [1.29, 1.82) is 0 Å². The van der Waals surface area contributed by atoms with Gasteiger partial charge in [0.05, 0.1) is 0 Å². The van der Waals surface area contributed by atoms with Gasteiger partial charge in [0, 0.05) is 5.97 Å². The maximum Gasteiger partial charge on any atom is 0.0414 e. The van der Waals surface area contributed by atoms with Crippen molar-refractivity contribution in [2.24, 2.45) is 23.7 Å². The van der Waals surface area contributed by atoms with Crippen molar-refractivity contribution < 1.29 is 9.90 Å². The van der Waals surface area contributed by atoms with Crippen LogP contribution in [0.15, 0.2) is 0 Å². The maximum atomic E-state index is 11.0. The Labute approximate surface area is 190 Å². The molecule has 0 aliphatic rings. The van der Waals surface area contributed by atoms with E-state index in [1.807, 2.05) is 0 Å². The first-order valence-corrected chi connectivity index (χ1v) is 13.5. The monoisotopic (exact) mass is 423 g/mol. The Hall–Kier alpha value is -0.530. The van der Waals surface area contributed by atoms with Gasteiger partial charge in [-0.25, -0.2) is 0 Å². The van der Waals surface area contributed by atoms with E-state index in [4.69, 9.17) is 0 Å². The summed E-state index contributed by atoms with van der Waals surface area (Å²) in [5.74, 6) is 2.04. The van der Waals surface area contributed by atoms with Gasteiger partial charge in [0.25, 0.3) is 0 Å². The van der Waals surface area contributed by atoms with Gasteiger partial charge in [0.1, 0.15) is 0 Å². The van der Waals surface area contributed by atoms with Gasteiger partial charge < -0.3 is 9.90 Å². The number of hydrogen-bond donors (Lipinski definition) is 0. The highest BCUT2D eigenvalue weighted by Gasteiger charge is 2.14. The average Bonchev–Trinajstić information content (AvgIpc) is 2.66. The second-order valence-corrected chi connectivity index (χ2v) is 10.8. The molecular formula is C28H55O2-. The Morgan fingerprint density at radius 2 is 1.13 bits per heavy atom. The fraction of sp³-hybridized carbons (Fsp3) is 0.964. The lowest BCUT2D eigenvalue weighted by Gasteiger charge is -2.22. The summed E-state index contributed by atoms with van der Waals surface area (Å²) in [7, 11) is 0. The van der Waals surface area contributed by atoms with Crippen LogP contribution < -0.4 is 5.11 Å². The second-order valence-electron chi connectivity index (χ2n) is 10.8. The molecule has 0 amide bonds. The quantitative estimate of drug-likeness (QED) is 0.164. The average molecular weight is 424 g/mol. The minimum Gasteiger partial charge on any atom is -0.550 e. The maximum absolute atomic E-state index is 11.0. The summed E-state index contributed by atoms with van der Waals surface area (Å²) >= 11 is 0. The minimum absolute atomic E-state index is 0.237. The molecule has 180 valence electrons. The molecule has 3 unspecified atom stereocenters. The number of carboxylic acids is 1. The van der Waals surface area contributed by atoms with E-state index in [-0.39, 0.29) is 6.42 Å². The van der Waals surface area contributed by atoms with Gasteiger partial charge in [0.15, 0.2) is 0 Å². The summed E-state index contributed by atoms with van der Waals surface area (Å²) in [4.78, 5) is 11.0. The van der Waals surface area contributed by atoms with Crippen LogP contribution in [-0.4, -0.2) is 5.97 Å². The zero-order valence-electron chi connectivity index (χ0n) is 21.4. The molecule has 0 aromatic rings. The fourth-order valence-corrected chi connectivity index (χ4v) is 5.05. The number of carboxylic acid groups (broad SMARTS) is 1. The molecule has 0 spiro atoms. The van der Waals surface area contributed by atoms with Gasteiger partial charge in [-0.05, 0) is 49.4 Å². The molecule has 0 aliphatic carbocycles. The lowest BCUT2D eigenvalue weighted by Crippen LogP contribution is -2.23. The fourth-order valence-electron chi connectivity index (χ4n) is 5.05. The molecular weight excluding hydrogens is 368 g/mol. The van der Waals surface area contributed by atoms with Gasteiger partial charge >= 0.3 is 0 Å². The number of rotatable bonds is 22. The summed E-state index contributed by atoms with van der Waals surface area (Å²) < 4.78 is 0. The summed E-state index contributed by atoms with van der Waals surface area (Å²) in [5, 5.41) is 11.0. The summed E-state index contributed by atoms with van der Waals surface area (Å²) in [6.07, 6.45) is 22.4. The number of hydrogen-bond acceptors (Lipinski definition) is 2. The molecule has 0 saturated carbocycles. The Morgan fingerprint density at radius 3 is 1.63 bits per heavy atom. The first-order valence-electron chi connectivity index (χ1n) is 13.5. The standard InChI is InChI=1S/C28H56O2/c1-6-7-8-9-10-11-12-13-14-15-19-27(20-21-28(29)30)23-26(5)18-16-17-25(4)22-24(2)3/h24-27H,6-23H2,1-5H3,(H,29,30)/p-1. The zero-order chi connectivity index (χ0) is 22.6. The van der Waals surface area contributed by atoms with Crippen LogP contribution in [-0.2, 0) is 4.79 Å². The predicted octanol–water partition coefficient (Wildman–Crippen LogP) is 8.32. The molecule has 0 aliphatic heterocycles. The van der Waals surface area contributed by atoms with E-state index in [1.165, 1.54) is 103 Å². The van der Waals surface area contributed by atoms with E-state index in [2.05, 4.69) is 34.6 Å². The molecule has 0 aromatic heterocycles. The van der Waals surface area contributed by atoms with E-state index >= 15 is 0 Å². The van der Waals surface area contributed by atoms with Gasteiger partial charge in [-0.15, -0.1) is 0 Å². The lowest BCUT2D eigenvalue weighted by molar-refractivity contribution is -0.306. The summed E-state index contributed by atoms with van der Waals surface area (Å²) in [5.41, 5.74) is 0. The van der Waals surface area contributed by atoms with Gasteiger partial charge in [0.2, 0.25) is 0 Å². The predicted molar refractivity (Wildman–Crippen MR) is 130 cm³/mol. The zero-order valence-corrected chi connectivity index (χ0v) is 21.4. The van der Waals surface area contributed by atoms with Crippen LogP contribution >= 0.6 is 0 Å². The van der Waals surface area contributed by atoms with Crippen molar-refractivity contribution >= 4 is 5.97 Å². The topological polar surface area (TPSA) is 40.1 Å². The van der Waals surface area contributed by atoms with Crippen LogP contribution in [0.2, 0.25) is 0 Å². The highest BCUT2D eigenvalue weighted by Crippen LogP contribution is 2.27. The summed E-state index contributed by atoms with van der Waals surface area (Å²) in [6, 6.07) is 0. The Morgan fingerprint density at radius 1 is 0.633 bits per heavy atom. The van der Waals surface area contributed by atoms with Crippen molar-refractivity contribution in [3.05, 3.63) is 0 Å². The highest BCUT2D eigenvalue weighted by atomic mass is 16.4. The highest BCUT2D eigenvalue weighted by molar-refractivity contribution is 5.64. The molecule has 0 fully saturated rings. The molecule has 0 saturated heterocycles. The SMILES string of the molecule is CCCCCCCCCCCCC(CCC(=O)[O-])CC(C)CCCC(C)CC(C)C. The van der Waals surface area contributed by atoms with Crippen molar-refractivity contribution in [3.63, 3.8) is 0 Å². The molecule has 0 N–H and O–H groups in total. The van der Waals surface area contributed by atoms with Gasteiger partial charge in [-0.2, -0.15) is 0 Å². The van der Waals surface area contributed by atoms with E-state index in [0.29, 0.717) is 11.8 Å². The van der Waals surface area contributed by atoms with Crippen LogP contribution in [0.1, 0.15) is 150 Å². The minimum atomic E-state index is -0.877. The largest absolute Gasteiger partial charge is 0.550 e. The Kier molecular flexibility index (Phi) is 20.0. The van der Waals surface area contributed by atoms with E-state index < -0.39 is 5.97 Å². The van der Waals surface area contributed by atoms with Crippen LogP contribution in [0.5, 0.6) is 0 Å². The van der Waals surface area contributed by atoms with Crippen molar-refractivity contribution in [3.8, 4) is 0 Å². The molecule has 0 radical (unpaired) electrons. The van der Waals surface area contributed by atoms with Crippen LogP contribution in [0.4, 0.5) is 0 Å². The van der Waals surface area contributed by atoms with Crippen molar-refractivity contribution in [2.75, 3.05) is 0 Å². The Balaban J connectivity index is 3.97. The number of aliphatic carboxylic acids is 1. The lowest BCUT2D eigenvalue weighted by atomic mass is 9.84. The van der Waals surface area contributed by atoms with E-state index in [1.54, 1.807) is 0 Å². The molecule has 2 heteroatoms. The molecule has 0 aromatic carbocycles. The first-order chi connectivity index (χ1) is 14.3. The smallest absolute Gasteiger partial charge is 0.0414 e. The van der Waals surface area contributed by atoms with Gasteiger partial charge in [-0.3, -0.25) is 0 Å². The van der Waals surface area contributed by atoms with Crippen LogP contribution in [0.25, 0.3) is 0 Å². The third-order valence-corrected chi connectivity index (χ3v) is 6.73. The molecule has 0 heterocycles. The third-order valence-electron chi connectivity index (χ3n) is 6.73. The van der Waals surface area contributed by atoms with Crippen molar-refractivity contribution in [2.45, 2.75) is 150 Å². The number of unbranched alkanes of at least 4 members (excludes halogenated alkanes) is 9. The molecule has 0 bridgehead atoms. The van der Waals surface area contributed by atoms with E-state index in [9.17, 15) is 9.90 Å². The third kappa shape index (κ3) is 20.7. The van der Waals surface area contributed by atoms with Crippen LogP contribution in [0, 0.1) is 23.7 Å². The van der Waals surface area contributed by atoms with Gasteiger partial charge in [-0.1, -0.05) is 125 Å². The first kappa shape index (κ1) is 29.5. The number of carbonyl (C=O) groups excluding carboxylic acids is 1. The molecule has 0 rings (SSSR count). The second kappa shape index (κ2) is 20.4. The van der Waals surface area contributed by atoms with Crippen LogP contribution in [0.3, 0.4) is 0 Å². The molecule has 30 heavy (non-hydrogen) atoms. The van der Waals surface area contributed by atoms with Crippen molar-refractivity contribution in [1.82, 2.24) is 0 Å². The molecule has 3 atom stereocenters. The normalized spacial score (nSPS) is 14.7. The summed E-state index contributed by atoms with van der Waals surface area (Å²) in [6.45, 7) is 11.7. The number of carbonyl (C=O) groups is 1.